The van der Waals surface area contributed by atoms with E-state index in [1.54, 1.807) is 24.3 Å². The standard InChI is InChI=1S/C23H20ClF3N2O3/c1-2-22(12-11-20(31)29-21(22)32)15-5-7-16(8-6-15)28-19(30)10-4-14-3-9-18(24)17(13-14)23(25,26)27/h3-10,13H,2,11-12H2,1H3,(H,28,30)(H,29,31,32)/b10-4+. The molecule has 1 unspecified atom stereocenters. The number of benzene rings is 2. The second-order valence-electron chi connectivity index (χ2n) is 7.45. The lowest BCUT2D eigenvalue weighted by molar-refractivity contribution is -0.139. The van der Waals surface area contributed by atoms with Gasteiger partial charge < -0.3 is 5.32 Å². The number of hydrogen-bond acceptors (Lipinski definition) is 3. The van der Waals surface area contributed by atoms with Crippen LogP contribution >= 0.6 is 11.6 Å². The minimum Gasteiger partial charge on any atom is -0.323 e. The molecule has 2 aromatic carbocycles. The van der Waals surface area contributed by atoms with E-state index in [9.17, 15) is 27.6 Å². The number of amides is 3. The third-order valence-corrected chi connectivity index (χ3v) is 5.83. The van der Waals surface area contributed by atoms with Gasteiger partial charge in [-0.05, 0) is 54.3 Å². The van der Waals surface area contributed by atoms with Gasteiger partial charge in [-0.3, -0.25) is 19.7 Å². The SMILES string of the molecule is CCC1(c2ccc(NC(=O)/C=C/c3ccc(Cl)c(C(F)(F)F)c3)cc2)CCC(=O)NC1=O. The first kappa shape index (κ1) is 23.5. The van der Waals surface area contributed by atoms with Crippen molar-refractivity contribution in [3.63, 3.8) is 0 Å². The molecular weight excluding hydrogens is 445 g/mol. The van der Waals surface area contributed by atoms with Crippen molar-refractivity contribution in [1.29, 1.82) is 0 Å². The molecule has 168 valence electrons. The monoisotopic (exact) mass is 464 g/mol. The van der Waals surface area contributed by atoms with Crippen molar-refractivity contribution >= 4 is 41.1 Å². The Balaban J connectivity index is 1.70. The molecule has 32 heavy (non-hydrogen) atoms. The molecule has 1 aliphatic heterocycles. The predicted molar refractivity (Wildman–Crippen MR) is 115 cm³/mol. The fourth-order valence-electron chi connectivity index (χ4n) is 3.66. The van der Waals surface area contributed by atoms with Gasteiger partial charge in [-0.15, -0.1) is 0 Å². The van der Waals surface area contributed by atoms with E-state index in [-0.39, 0.29) is 23.8 Å². The van der Waals surface area contributed by atoms with E-state index in [1.807, 2.05) is 6.92 Å². The van der Waals surface area contributed by atoms with E-state index in [2.05, 4.69) is 10.6 Å². The van der Waals surface area contributed by atoms with Crippen LogP contribution in [0.1, 0.15) is 42.9 Å². The number of hydrogen-bond donors (Lipinski definition) is 2. The summed E-state index contributed by atoms with van der Waals surface area (Å²) in [4.78, 5) is 36.1. The molecular formula is C23H20ClF3N2O3. The number of imide groups is 1. The maximum absolute atomic E-state index is 12.9. The van der Waals surface area contributed by atoms with Gasteiger partial charge in [0.25, 0.3) is 0 Å². The summed E-state index contributed by atoms with van der Waals surface area (Å²) >= 11 is 5.59. The van der Waals surface area contributed by atoms with Crippen LogP contribution in [0.15, 0.2) is 48.5 Å². The zero-order chi connectivity index (χ0) is 23.5. The summed E-state index contributed by atoms with van der Waals surface area (Å²) in [6.45, 7) is 1.87. The average molecular weight is 465 g/mol. The lowest BCUT2D eigenvalue weighted by atomic mass is 9.72. The molecule has 3 rings (SSSR count). The molecule has 9 heteroatoms. The second-order valence-corrected chi connectivity index (χ2v) is 7.86. The van der Waals surface area contributed by atoms with Gasteiger partial charge in [-0.25, -0.2) is 0 Å². The Morgan fingerprint density at radius 2 is 1.88 bits per heavy atom. The first-order chi connectivity index (χ1) is 15.0. The summed E-state index contributed by atoms with van der Waals surface area (Å²) in [6, 6.07) is 10.1. The van der Waals surface area contributed by atoms with Gasteiger partial charge in [0.1, 0.15) is 0 Å². The van der Waals surface area contributed by atoms with Crippen molar-refractivity contribution in [2.24, 2.45) is 0 Å². The Labute approximate surface area is 187 Å². The topological polar surface area (TPSA) is 75.3 Å². The predicted octanol–water partition coefficient (Wildman–Crippen LogP) is 5.10. The summed E-state index contributed by atoms with van der Waals surface area (Å²) in [5.41, 5.74) is -0.416. The van der Waals surface area contributed by atoms with Gasteiger partial charge in [0.05, 0.1) is 16.0 Å². The summed E-state index contributed by atoms with van der Waals surface area (Å²) in [5, 5.41) is 4.58. The molecule has 1 aliphatic rings. The zero-order valence-corrected chi connectivity index (χ0v) is 17.8. The van der Waals surface area contributed by atoms with Crippen LogP contribution < -0.4 is 10.6 Å². The van der Waals surface area contributed by atoms with Gasteiger partial charge in [-0.1, -0.05) is 36.7 Å². The molecule has 1 atom stereocenters. The number of halogens is 4. The van der Waals surface area contributed by atoms with E-state index in [0.29, 0.717) is 18.5 Å². The van der Waals surface area contributed by atoms with Gasteiger partial charge in [-0.2, -0.15) is 13.2 Å². The number of piperidine rings is 1. The highest BCUT2D eigenvalue weighted by Gasteiger charge is 2.42. The lowest BCUT2D eigenvalue weighted by Crippen LogP contribution is -2.51. The fraction of sp³-hybridized carbons (Fsp3) is 0.261. The first-order valence-corrected chi connectivity index (χ1v) is 10.2. The van der Waals surface area contributed by atoms with Crippen LogP contribution in [0.3, 0.4) is 0 Å². The van der Waals surface area contributed by atoms with E-state index in [1.165, 1.54) is 12.1 Å². The Morgan fingerprint density at radius 3 is 2.47 bits per heavy atom. The Bertz CT molecular complexity index is 1080. The molecule has 2 N–H and O–H groups in total. The highest BCUT2D eigenvalue weighted by atomic mass is 35.5. The molecule has 2 aromatic rings. The molecule has 5 nitrogen and oxygen atoms in total. The largest absolute Gasteiger partial charge is 0.417 e. The quantitative estimate of drug-likeness (QED) is 0.478. The van der Waals surface area contributed by atoms with Crippen molar-refractivity contribution in [3.05, 3.63) is 70.3 Å². The van der Waals surface area contributed by atoms with Gasteiger partial charge >= 0.3 is 6.18 Å². The molecule has 3 amide bonds. The molecule has 1 fully saturated rings. The van der Waals surface area contributed by atoms with Gasteiger partial charge in [0.2, 0.25) is 17.7 Å². The molecule has 0 aliphatic carbocycles. The summed E-state index contributed by atoms with van der Waals surface area (Å²) in [7, 11) is 0. The first-order valence-electron chi connectivity index (χ1n) is 9.86. The normalized spacial score (nSPS) is 19.2. The summed E-state index contributed by atoms with van der Waals surface area (Å²) < 4.78 is 38.8. The number of alkyl halides is 3. The number of rotatable bonds is 5. The van der Waals surface area contributed by atoms with Crippen molar-refractivity contribution in [2.75, 3.05) is 5.32 Å². The zero-order valence-electron chi connectivity index (χ0n) is 17.1. The van der Waals surface area contributed by atoms with Crippen LogP contribution in [-0.2, 0) is 26.0 Å². The van der Waals surface area contributed by atoms with Crippen LogP contribution in [0.4, 0.5) is 18.9 Å². The average Bonchev–Trinajstić information content (AvgIpc) is 2.73. The minimum atomic E-state index is -4.59. The highest BCUT2D eigenvalue weighted by Crippen LogP contribution is 2.37. The maximum atomic E-state index is 12.9. The number of anilines is 1. The summed E-state index contributed by atoms with van der Waals surface area (Å²) in [6.07, 6.45) is -1.05. The third kappa shape index (κ3) is 5.02. The van der Waals surface area contributed by atoms with E-state index < -0.39 is 28.1 Å². The van der Waals surface area contributed by atoms with E-state index in [4.69, 9.17) is 11.6 Å². The molecule has 0 bridgehead atoms. The smallest absolute Gasteiger partial charge is 0.323 e. The number of carbonyl (C=O) groups is 3. The van der Waals surface area contributed by atoms with Crippen molar-refractivity contribution in [2.45, 2.75) is 37.8 Å². The number of nitrogens with one attached hydrogen (secondary N) is 2. The molecule has 0 saturated carbocycles. The molecule has 1 heterocycles. The molecule has 1 saturated heterocycles. The molecule has 0 radical (unpaired) electrons. The number of carbonyl (C=O) groups excluding carboxylic acids is 3. The van der Waals surface area contributed by atoms with Gasteiger partial charge in [0, 0.05) is 18.2 Å². The highest BCUT2D eigenvalue weighted by molar-refractivity contribution is 6.31. The van der Waals surface area contributed by atoms with Crippen LogP contribution in [0.5, 0.6) is 0 Å². The Hall–Kier alpha value is -3.13. The molecule has 0 spiro atoms. The van der Waals surface area contributed by atoms with Gasteiger partial charge in [0.15, 0.2) is 0 Å². The van der Waals surface area contributed by atoms with Crippen molar-refractivity contribution in [1.82, 2.24) is 5.32 Å². The summed E-state index contributed by atoms with van der Waals surface area (Å²) in [5.74, 6) is -1.16. The maximum Gasteiger partial charge on any atom is 0.417 e. The van der Waals surface area contributed by atoms with Crippen molar-refractivity contribution in [3.8, 4) is 0 Å². The minimum absolute atomic E-state index is 0.176. The molecule has 0 aromatic heterocycles. The third-order valence-electron chi connectivity index (χ3n) is 5.50. The lowest BCUT2D eigenvalue weighted by Gasteiger charge is -2.35. The van der Waals surface area contributed by atoms with Crippen molar-refractivity contribution < 1.29 is 27.6 Å². The second kappa shape index (κ2) is 9.16. The van der Waals surface area contributed by atoms with Crippen LogP contribution in [-0.4, -0.2) is 17.7 Å². The fourth-order valence-corrected chi connectivity index (χ4v) is 3.88. The Kier molecular flexibility index (Phi) is 6.74. The van der Waals surface area contributed by atoms with Crippen LogP contribution in [0.25, 0.3) is 6.08 Å². The van der Waals surface area contributed by atoms with E-state index in [0.717, 1.165) is 23.8 Å². The Morgan fingerprint density at radius 1 is 1.19 bits per heavy atom. The van der Waals surface area contributed by atoms with Crippen LogP contribution in [0, 0.1) is 0 Å². The van der Waals surface area contributed by atoms with Crippen LogP contribution in [0.2, 0.25) is 5.02 Å². The van der Waals surface area contributed by atoms with E-state index >= 15 is 0 Å².